The number of hydrogen-bond acceptors (Lipinski definition) is 2. The molecule has 5 rings (SSSR count). The van der Waals surface area contributed by atoms with E-state index >= 15 is 0 Å². The highest BCUT2D eigenvalue weighted by Crippen LogP contribution is 2.41. The van der Waals surface area contributed by atoms with Gasteiger partial charge in [-0.2, -0.15) is 0 Å². The maximum Gasteiger partial charge on any atom is 0.266 e. The summed E-state index contributed by atoms with van der Waals surface area (Å²) in [6.07, 6.45) is 0. The molecule has 0 saturated heterocycles. The van der Waals surface area contributed by atoms with Crippen LogP contribution in [0.15, 0.2) is 97.1 Å². The minimum absolute atomic E-state index is 0.162. The fraction of sp³-hybridized carbons (Fsp3) is 0.0370. The van der Waals surface area contributed by atoms with Gasteiger partial charge in [-0.05, 0) is 34.9 Å². The van der Waals surface area contributed by atoms with E-state index in [1.54, 1.807) is 6.07 Å². The Hall–Kier alpha value is -3.40. The van der Waals surface area contributed by atoms with E-state index in [1.165, 1.54) is 17.0 Å². The van der Waals surface area contributed by atoms with E-state index in [0.29, 0.717) is 5.69 Å². The van der Waals surface area contributed by atoms with Crippen molar-refractivity contribution >= 4 is 40.7 Å². The van der Waals surface area contributed by atoms with E-state index < -0.39 is 11.8 Å². The second-order valence-electron chi connectivity index (χ2n) is 7.57. The lowest BCUT2D eigenvalue weighted by atomic mass is 9.84. The molecule has 1 aliphatic heterocycles. The van der Waals surface area contributed by atoms with Crippen molar-refractivity contribution in [2.75, 3.05) is 4.90 Å². The molecule has 0 aromatic heterocycles. The van der Waals surface area contributed by atoms with Gasteiger partial charge in [0.05, 0.1) is 26.9 Å². The lowest BCUT2D eigenvalue weighted by molar-refractivity contribution is 0.0926. The highest BCUT2D eigenvalue weighted by atomic mass is 35.5. The van der Waals surface area contributed by atoms with Crippen molar-refractivity contribution in [3.63, 3.8) is 0 Å². The molecule has 3 nitrogen and oxygen atoms in total. The molecule has 0 saturated carbocycles. The molecule has 156 valence electrons. The molecule has 0 atom stereocenters. The Bertz CT molecular complexity index is 1260. The average Bonchev–Trinajstić information content (AvgIpc) is 3.05. The monoisotopic (exact) mass is 457 g/mol. The first kappa shape index (κ1) is 20.5. The molecule has 0 radical (unpaired) electrons. The molecule has 32 heavy (non-hydrogen) atoms. The van der Waals surface area contributed by atoms with Crippen LogP contribution in [0.1, 0.15) is 43.3 Å². The fourth-order valence-corrected chi connectivity index (χ4v) is 4.56. The zero-order chi connectivity index (χ0) is 22.2. The first-order chi connectivity index (χ1) is 15.6. The first-order valence-electron chi connectivity index (χ1n) is 10.1. The van der Waals surface area contributed by atoms with Gasteiger partial charge in [0, 0.05) is 5.92 Å². The van der Waals surface area contributed by atoms with Crippen LogP contribution < -0.4 is 4.90 Å². The summed E-state index contributed by atoms with van der Waals surface area (Å²) in [7, 11) is 0. The number of rotatable bonds is 4. The van der Waals surface area contributed by atoms with Gasteiger partial charge in [-0.25, -0.2) is 4.90 Å². The quantitative estimate of drug-likeness (QED) is 0.245. The van der Waals surface area contributed by atoms with Crippen molar-refractivity contribution < 1.29 is 9.59 Å². The molecule has 0 unspecified atom stereocenters. The van der Waals surface area contributed by atoms with Gasteiger partial charge < -0.3 is 0 Å². The third kappa shape index (κ3) is 3.40. The maximum atomic E-state index is 13.3. The second-order valence-corrected chi connectivity index (χ2v) is 8.39. The van der Waals surface area contributed by atoms with Gasteiger partial charge in [-0.3, -0.25) is 9.59 Å². The number of nitrogens with zero attached hydrogens (tertiary/aromatic N) is 1. The van der Waals surface area contributed by atoms with Crippen molar-refractivity contribution in [2.45, 2.75) is 5.92 Å². The van der Waals surface area contributed by atoms with Crippen LogP contribution in [0.2, 0.25) is 10.0 Å². The Balaban J connectivity index is 1.69. The van der Waals surface area contributed by atoms with Crippen LogP contribution in [0, 0.1) is 0 Å². The summed E-state index contributed by atoms with van der Waals surface area (Å²) in [6, 6.07) is 30.5. The third-order valence-electron chi connectivity index (χ3n) is 5.68. The van der Waals surface area contributed by atoms with Gasteiger partial charge in [0.15, 0.2) is 0 Å². The van der Waals surface area contributed by atoms with E-state index in [0.717, 1.165) is 16.7 Å². The Morgan fingerprint density at radius 2 is 1.03 bits per heavy atom. The van der Waals surface area contributed by atoms with Gasteiger partial charge in [-0.1, -0.05) is 102 Å². The number of hydrogen-bond donors (Lipinski definition) is 0. The molecule has 1 heterocycles. The zero-order valence-electron chi connectivity index (χ0n) is 16.8. The number of para-hydroxylation sites is 1. The number of benzene rings is 4. The predicted molar refractivity (Wildman–Crippen MR) is 128 cm³/mol. The van der Waals surface area contributed by atoms with Gasteiger partial charge >= 0.3 is 0 Å². The Morgan fingerprint density at radius 1 is 0.594 bits per heavy atom. The van der Waals surface area contributed by atoms with Crippen molar-refractivity contribution in [1.29, 1.82) is 0 Å². The maximum absolute atomic E-state index is 13.3. The number of imide groups is 1. The van der Waals surface area contributed by atoms with Crippen molar-refractivity contribution in [3.05, 3.63) is 135 Å². The number of carbonyl (C=O) groups is 2. The van der Waals surface area contributed by atoms with Crippen molar-refractivity contribution in [2.24, 2.45) is 0 Å². The zero-order valence-corrected chi connectivity index (χ0v) is 18.3. The summed E-state index contributed by atoms with van der Waals surface area (Å²) >= 11 is 12.3. The number of amides is 2. The summed E-state index contributed by atoms with van der Waals surface area (Å²) in [4.78, 5) is 27.9. The minimum atomic E-state index is -0.407. The largest absolute Gasteiger partial charge is 0.268 e. The molecule has 5 heteroatoms. The minimum Gasteiger partial charge on any atom is -0.268 e. The Morgan fingerprint density at radius 3 is 1.53 bits per heavy atom. The van der Waals surface area contributed by atoms with Crippen LogP contribution in [0.25, 0.3) is 0 Å². The number of anilines is 1. The van der Waals surface area contributed by atoms with E-state index in [1.807, 2.05) is 54.6 Å². The van der Waals surface area contributed by atoms with Gasteiger partial charge in [0.1, 0.15) is 0 Å². The van der Waals surface area contributed by atoms with E-state index in [4.69, 9.17) is 23.2 Å². The van der Waals surface area contributed by atoms with Crippen molar-refractivity contribution in [1.82, 2.24) is 0 Å². The van der Waals surface area contributed by atoms with E-state index in [2.05, 4.69) is 24.3 Å². The molecule has 0 fully saturated rings. The predicted octanol–water partition coefficient (Wildman–Crippen LogP) is 6.97. The molecule has 4 aromatic carbocycles. The summed E-state index contributed by atoms with van der Waals surface area (Å²) in [5.41, 5.74) is 4.05. The van der Waals surface area contributed by atoms with Crippen LogP contribution in [-0.2, 0) is 0 Å². The average molecular weight is 458 g/mol. The lowest BCUT2D eigenvalue weighted by Gasteiger charge is -2.25. The molecule has 0 spiro atoms. The fourth-order valence-electron chi connectivity index (χ4n) is 4.23. The molecular weight excluding hydrogens is 441 g/mol. The van der Waals surface area contributed by atoms with Crippen LogP contribution in [0.4, 0.5) is 5.69 Å². The molecular formula is C27H17Cl2NO2. The highest BCUT2D eigenvalue weighted by molar-refractivity contribution is 6.44. The number of halogens is 2. The van der Waals surface area contributed by atoms with Gasteiger partial charge in [0.2, 0.25) is 0 Å². The van der Waals surface area contributed by atoms with Crippen LogP contribution in [0.3, 0.4) is 0 Å². The smallest absolute Gasteiger partial charge is 0.266 e. The summed E-state index contributed by atoms with van der Waals surface area (Å²) in [5.74, 6) is -0.975. The van der Waals surface area contributed by atoms with Crippen LogP contribution >= 0.6 is 23.2 Å². The van der Waals surface area contributed by atoms with E-state index in [-0.39, 0.29) is 27.1 Å². The molecule has 0 aliphatic carbocycles. The summed E-state index contributed by atoms with van der Waals surface area (Å²) in [6.45, 7) is 0. The lowest BCUT2D eigenvalue weighted by Crippen LogP contribution is -2.30. The topological polar surface area (TPSA) is 37.4 Å². The highest BCUT2D eigenvalue weighted by Gasteiger charge is 2.39. The SMILES string of the molecule is O=C1c2cc(Cl)c(Cl)cc2C(=O)N1c1ccccc1C(c1ccccc1)c1ccccc1. The molecule has 0 N–H and O–H groups in total. The molecule has 2 amide bonds. The summed E-state index contributed by atoms with van der Waals surface area (Å²) < 4.78 is 0. The standard InChI is InChI=1S/C27H17Cl2NO2/c28-22-15-20-21(16-23(22)29)27(32)30(26(20)31)24-14-8-7-13-19(24)25(17-9-3-1-4-10-17)18-11-5-2-6-12-18/h1-16,25H. The normalized spacial score (nSPS) is 13.0. The molecule has 1 aliphatic rings. The number of fused-ring (bicyclic) bond motifs is 1. The summed E-state index contributed by atoms with van der Waals surface area (Å²) in [5, 5.41) is 0.487. The molecule has 4 aromatic rings. The Kier molecular flexibility index (Phi) is 5.30. The number of carbonyl (C=O) groups excluding carboxylic acids is 2. The van der Waals surface area contributed by atoms with Crippen molar-refractivity contribution in [3.8, 4) is 0 Å². The van der Waals surface area contributed by atoms with Crippen LogP contribution in [0.5, 0.6) is 0 Å². The second kappa shape index (κ2) is 8.27. The van der Waals surface area contributed by atoms with Crippen LogP contribution in [-0.4, -0.2) is 11.8 Å². The van der Waals surface area contributed by atoms with Gasteiger partial charge in [-0.15, -0.1) is 0 Å². The van der Waals surface area contributed by atoms with Gasteiger partial charge in [0.25, 0.3) is 11.8 Å². The third-order valence-corrected chi connectivity index (χ3v) is 6.40. The first-order valence-corrected chi connectivity index (χ1v) is 10.9. The Labute approximate surface area is 195 Å². The van der Waals surface area contributed by atoms with E-state index in [9.17, 15) is 9.59 Å². The molecule has 0 bridgehead atoms.